The van der Waals surface area contributed by atoms with Crippen LogP contribution in [0.2, 0.25) is 0 Å². The molecule has 2 aliphatic rings. The van der Waals surface area contributed by atoms with Gasteiger partial charge in [0.1, 0.15) is 0 Å². The van der Waals surface area contributed by atoms with Gasteiger partial charge in [0.15, 0.2) is 0 Å². The van der Waals surface area contributed by atoms with E-state index in [1.54, 1.807) is 0 Å². The Labute approximate surface area is 55.5 Å². The van der Waals surface area contributed by atoms with Crippen molar-refractivity contribution in [3.63, 3.8) is 0 Å². The fourth-order valence-corrected chi connectivity index (χ4v) is 1.59. The summed E-state index contributed by atoms with van der Waals surface area (Å²) < 4.78 is 0. The van der Waals surface area contributed by atoms with E-state index in [0.29, 0.717) is 6.04 Å². The maximum absolute atomic E-state index is 3.36. The first-order chi connectivity index (χ1) is 4.36. The van der Waals surface area contributed by atoms with E-state index >= 15 is 0 Å². The van der Waals surface area contributed by atoms with Gasteiger partial charge in [0, 0.05) is 18.3 Å². The minimum atomic E-state index is 0.570. The van der Waals surface area contributed by atoms with Gasteiger partial charge in [-0.25, -0.2) is 5.43 Å². The molecule has 2 heteroatoms. The minimum absolute atomic E-state index is 0.570. The van der Waals surface area contributed by atoms with Crippen LogP contribution in [0.15, 0.2) is 11.8 Å². The Hall–Kier alpha value is -0.500. The monoisotopic (exact) mass is 124 g/mol. The number of hydrazine groups is 1. The van der Waals surface area contributed by atoms with Crippen LogP contribution in [0.1, 0.15) is 19.8 Å². The van der Waals surface area contributed by atoms with Crippen molar-refractivity contribution in [1.82, 2.24) is 10.4 Å². The Morgan fingerprint density at radius 1 is 1.78 bits per heavy atom. The molecule has 1 unspecified atom stereocenters. The first-order valence-corrected chi connectivity index (χ1v) is 3.61. The van der Waals surface area contributed by atoms with E-state index in [-0.39, 0.29) is 0 Å². The van der Waals surface area contributed by atoms with Crippen LogP contribution in [0, 0.1) is 0 Å². The second-order valence-electron chi connectivity index (χ2n) is 2.83. The van der Waals surface area contributed by atoms with Crippen LogP contribution < -0.4 is 5.43 Å². The van der Waals surface area contributed by atoms with Crippen molar-refractivity contribution in [2.45, 2.75) is 25.8 Å². The van der Waals surface area contributed by atoms with Gasteiger partial charge in [-0.1, -0.05) is 0 Å². The highest BCUT2D eigenvalue weighted by Crippen LogP contribution is 2.23. The number of nitrogens with zero attached hydrogens (tertiary/aromatic N) is 1. The molecule has 0 amide bonds. The highest BCUT2D eigenvalue weighted by molar-refractivity contribution is 5.13. The van der Waals surface area contributed by atoms with Gasteiger partial charge in [0.2, 0.25) is 0 Å². The van der Waals surface area contributed by atoms with Gasteiger partial charge in [-0.2, -0.15) is 0 Å². The Balaban J connectivity index is 2.18. The predicted molar refractivity (Wildman–Crippen MR) is 36.6 cm³/mol. The average molecular weight is 124 g/mol. The van der Waals surface area contributed by atoms with E-state index in [1.165, 1.54) is 25.1 Å². The summed E-state index contributed by atoms with van der Waals surface area (Å²) in [6.07, 6.45) is 4.91. The van der Waals surface area contributed by atoms with Crippen LogP contribution in [0.3, 0.4) is 0 Å². The first kappa shape index (κ1) is 5.30. The molecule has 0 aromatic heterocycles. The molecule has 0 radical (unpaired) electrons. The van der Waals surface area contributed by atoms with Crippen molar-refractivity contribution in [3.05, 3.63) is 11.8 Å². The highest BCUT2D eigenvalue weighted by atomic mass is 15.5. The van der Waals surface area contributed by atoms with Gasteiger partial charge >= 0.3 is 0 Å². The number of hydrogen-bond acceptors (Lipinski definition) is 2. The van der Waals surface area contributed by atoms with Gasteiger partial charge in [0.05, 0.1) is 0 Å². The minimum Gasteiger partial charge on any atom is -0.312 e. The Kier molecular flexibility index (Phi) is 1.02. The molecule has 2 heterocycles. The van der Waals surface area contributed by atoms with Crippen LogP contribution in [-0.4, -0.2) is 17.6 Å². The van der Waals surface area contributed by atoms with Gasteiger partial charge < -0.3 is 5.01 Å². The lowest BCUT2D eigenvalue weighted by molar-refractivity contribution is 0.293. The standard InChI is InChI=1S/C7H12N2/c1-6-5-7-3-2-4-9(7)8-6/h5-6,8H,2-4H2,1H3. The second-order valence-corrected chi connectivity index (χ2v) is 2.83. The van der Waals surface area contributed by atoms with E-state index in [2.05, 4.69) is 23.4 Å². The lowest BCUT2D eigenvalue weighted by atomic mass is 10.2. The molecule has 1 fully saturated rings. The second kappa shape index (κ2) is 1.74. The zero-order valence-corrected chi connectivity index (χ0v) is 5.72. The summed E-state index contributed by atoms with van der Waals surface area (Å²) in [5, 5.41) is 2.27. The predicted octanol–water partition coefficient (Wildman–Crippen LogP) is 0.873. The molecule has 9 heavy (non-hydrogen) atoms. The summed E-state index contributed by atoms with van der Waals surface area (Å²) in [7, 11) is 0. The molecule has 2 rings (SSSR count). The fraction of sp³-hybridized carbons (Fsp3) is 0.714. The zero-order chi connectivity index (χ0) is 6.27. The summed E-state index contributed by atoms with van der Waals surface area (Å²) in [6, 6.07) is 0.570. The van der Waals surface area contributed by atoms with Gasteiger partial charge in [-0.15, -0.1) is 0 Å². The van der Waals surface area contributed by atoms with E-state index in [1.807, 2.05) is 0 Å². The van der Waals surface area contributed by atoms with Crippen LogP contribution in [0.4, 0.5) is 0 Å². The topological polar surface area (TPSA) is 15.3 Å². The smallest absolute Gasteiger partial charge is 0.0434 e. The van der Waals surface area contributed by atoms with Crippen molar-refractivity contribution < 1.29 is 0 Å². The molecule has 1 atom stereocenters. The number of nitrogens with one attached hydrogen (secondary N) is 1. The molecular weight excluding hydrogens is 112 g/mol. The van der Waals surface area contributed by atoms with Crippen LogP contribution >= 0.6 is 0 Å². The number of hydrogen-bond donors (Lipinski definition) is 1. The quantitative estimate of drug-likeness (QED) is 0.515. The number of fused-ring (bicyclic) bond motifs is 1. The summed E-state index contributed by atoms with van der Waals surface area (Å²) >= 11 is 0. The van der Waals surface area contributed by atoms with Gasteiger partial charge in [-0.3, -0.25) is 0 Å². The molecule has 0 aromatic carbocycles. The lowest BCUT2D eigenvalue weighted by Gasteiger charge is -2.14. The average Bonchev–Trinajstić information content (AvgIpc) is 2.22. The Morgan fingerprint density at radius 3 is 3.44 bits per heavy atom. The van der Waals surface area contributed by atoms with E-state index in [0.717, 1.165) is 0 Å². The van der Waals surface area contributed by atoms with Crippen LogP contribution in [0.5, 0.6) is 0 Å². The Morgan fingerprint density at radius 2 is 2.67 bits per heavy atom. The number of rotatable bonds is 0. The zero-order valence-electron chi connectivity index (χ0n) is 5.72. The molecule has 1 saturated heterocycles. The molecule has 0 aromatic rings. The van der Waals surface area contributed by atoms with Crippen molar-refractivity contribution in [3.8, 4) is 0 Å². The lowest BCUT2D eigenvalue weighted by Crippen LogP contribution is -2.33. The third kappa shape index (κ3) is 0.741. The summed E-state index contributed by atoms with van der Waals surface area (Å²) in [6.45, 7) is 3.39. The van der Waals surface area contributed by atoms with Crippen LogP contribution in [0.25, 0.3) is 0 Å². The molecule has 2 aliphatic heterocycles. The third-order valence-electron chi connectivity index (χ3n) is 1.96. The van der Waals surface area contributed by atoms with Crippen molar-refractivity contribution in [2.24, 2.45) is 0 Å². The van der Waals surface area contributed by atoms with Gasteiger partial charge in [0.25, 0.3) is 0 Å². The van der Waals surface area contributed by atoms with E-state index in [4.69, 9.17) is 0 Å². The summed E-state index contributed by atoms with van der Waals surface area (Å²) in [4.78, 5) is 0. The van der Waals surface area contributed by atoms with Crippen molar-refractivity contribution in [1.29, 1.82) is 0 Å². The molecule has 0 saturated carbocycles. The molecule has 2 nitrogen and oxygen atoms in total. The molecular formula is C7H12N2. The fourth-order valence-electron chi connectivity index (χ4n) is 1.59. The summed E-state index contributed by atoms with van der Waals surface area (Å²) in [5.74, 6) is 0. The Bertz CT molecular complexity index is 151. The van der Waals surface area contributed by atoms with Gasteiger partial charge in [-0.05, 0) is 25.8 Å². The summed E-state index contributed by atoms with van der Waals surface area (Å²) in [5.41, 5.74) is 4.86. The largest absolute Gasteiger partial charge is 0.312 e. The maximum atomic E-state index is 3.36. The molecule has 50 valence electrons. The normalized spacial score (nSPS) is 32.8. The molecule has 0 aliphatic carbocycles. The van der Waals surface area contributed by atoms with E-state index in [9.17, 15) is 0 Å². The maximum Gasteiger partial charge on any atom is 0.0434 e. The SMILES string of the molecule is CC1C=C2CCCN2N1. The first-order valence-electron chi connectivity index (χ1n) is 3.61. The highest BCUT2D eigenvalue weighted by Gasteiger charge is 2.23. The third-order valence-corrected chi connectivity index (χ3v) is 1.96. The molecule has 0 bridgehead atoms. The molecule has 0 spiro atoms. The van der Waals surface area contributed by atoms with Crippen LogP contribution in [-0.2, 0) is 0 Å². The van der Waals surface area contributed by atoms with Crippen molar-refractivity contribution in [2.75, 3.05) is 6.54 Å². The molecule has 1 N–H and O–H groups in total. The number of allylic oxidation sites excluding steroid dienone is 1. The van der Waals surface area contributed by atoms with E-state index < -0.39 is 0 Å². The van der Waals surface area contributed by atoms with Crippen molar-refractivity contribution >= 4 is 0 Å².